The minimum Gasteiger partial charge on any atom is -0.469 e. The van der Waals surface area contributed by atoms with Gasteiger partial charge in [0, 0.05) is 16.6 Å². The topological polar surface area (TPSA) is 61.8 Å². The SMILES string of the molecule is COC(=O)CC(F)(F)c1cccc(C=O)c1B1OC(C)(C)C(C)(C)O1. The number of esters is 1. The summed E-state index contributed by atoms with van der Waals surface area (Å²) in [5.41, 5.74) is -2.04. The lowest BCUT2D eigenvalue weighted by Gasteiger charge is -2.32. The van der Waals surface area contributed by atoms with Gasteiger partial charge in [0.25, 0.3) is 5.92 Å². The van der Waals surface area contributed by atoms with E-state index in [0.717, 1.165) is 13.2 Å². The molecule has 0 saturated carbocycles. The van der Waals surface area contributed by atoms with Gasteiger partial charge in [-0.25, -0.2) is 8.78 Å². The first-order valence-electron chi connectivity index (χ1n) is 7.84. The molecule has 0 aliphatic carbocycles. The molecule has 2 rings (SSSR count). The van der Waals surface area contributed by atoms with Crippen LogP contribution >= 0.6 is 0 Å². The van der Waals surface area contributed by atoms with Crippen LogP contribution in [0.25, 0.3) is 0 Å². The highest BCUT2D eigenvalue weighted by Gasteiger charge is 2.54. The average molecular weight is 354 g/mol. The van der Waals surface area contributed by atoms with E-state index in [1.54, 1.807) is 27.7 Å². The second kappa shape index (κ2) is 6.50. The van der Waals surface area contributed by atoms with E-state index >= 15 is 0 Å². The fourth-order valence-corrected chi connectivity index (χ4v) is 2.58. The number of benzene rings is 1. The summed E-state index contributed by atoms with van der Waals surface area (Å²) in [7, 11) is -0.111. The van der Waals surface area contributed by atoms with Crippen LogP contribution in [-0.4, -0.2) is 37.7 Å². The van der Waals surface area contributed by atoms with Gasteiger partial charge < -0.3 is 14.0 Å². The molecule has 1 fully saturated rings. The normalized spacial score (nSPS) is 18.9. The van der Waals surface area contributed by atoms with Crippen LogP contribution in [0.2, 0.25) is 0 Å². The molecule has 0 radical (unpaired) electrons. The Morgan fingerprint density at radius 1 is 1.24 bits per heavy atom. The molecule has 136 valence electrons. The van der Waals surface area contributed by atoms with Crippen molar-refractivity contribution in [3.63, 3.8) is 0 Å². The van der Waals surface area contributed by atoms with Gasteiger partial charge in [-0.1, -0.05) is 18.2 Å². The molecule has 0 atom stereocenters. The predicted molar refractivity (Wildman–Crippen MR) is 88.1 cm³/mol. The van der Waals surface area contributed by atoms with Crippen LogP contribution in [0.5, 0.6) is 0 Å². The lowest BCUT2D eigenvalue weighted by molar-refractivity contribution is -0.149. The first-order valence-corrected chi connectivity index (χ1v) is 7.84. The maximum absolute atomic E-state index is 14.7. The largest absolute Gasteiger partial charge is 0.496 e. The van der Waals surface area contributed by atoms with Crippen molar-refractivity contribution in [3.8, 4) is 0 Å². The van der Waals surface area contributed by atoms with E-state index in [1.165, 1.54) is 12.1 Å². The first kappa shape index (κ1) is 19.5. The number of hydrogen-bond donors (Lipinski definition) is 0. The Kier molecular flexibility index (Phi) is 5.07. The molecule has 5 nitrogen and oxygen atoms in total. The zero-order chi connectivity index (χ0) is 19.0. The molecule has 1 heterocycles. The molecule has 8 heteroatoms. The van der Waals surface area contributed by atoms with Crippen molar-refractivity contribution in [3.05, 3.63) is 29.3 Å². The molecular weight excluding hydrogens is 333 g/mol. The maximum atomic E-state index is 14.7. The molecule has 0 unspecified atom stereocenters. The van der Waals surface area contributed by atoms with Crippen molar-refractivity contribution in [2.24, 2.45) is 0 Å². The molecule has 1 aliphatic heterocycles. The van der Waals surface area contributed by atoms with Crippen molar-refractivity contribution < 1.29 is 32.4 Å². The number of alkyl halides is 2. The number of aldehydes is 1. The van der Waals surface area contributed by atoms with E-state index in [4.69, 9.17) is 9.31 Å². The van der Waals surface area contributed by atoms with E-state index in [0.29, 0.717) is 6.29 Å². The fraction of sp³-hybridized carbons (Fsp3) is 0.529. The minimum absolute atomic E-state index is 0.0283. The van der Waals surface area contributed by atoms with E-state index in [1.807, 2.05) is 0 Å². The Morgan fingerprint density at radius 3 is 2.28 bits per heavy atom. The van der Waals surface area contributed by atoms with Crippen LogP contribution in [0.4, 0.5) is 8.78 Å². The zero-order valence-corrected chi connectivity index (χ0v) is 14.9. The van der Waals surface area contributed by atoms with E-state index in [-0.39, 0.29) is 11.0 Å². The van der Waals surface area contributed by atoms with Crippen molar-refractivity contribution in [2.75, 3.05) is 7.11 Å². The molecule has 1 aromatic rings. The lowest BCUT2D eigenvalue weighted by Crippen LogP contribution is -2.42. The number of carbonyl (C=O) groups excluding carboxylic acids is 2. The smallest absolute Gasteiger partial charge is 0.469 e. The van der Waals surface area contributed by atoms with Gasteiger partial charge in [0.15, 0.2) is 0 Å². The van der Waals surface area contributed by atoms with Crippen LogP contribution in [0.15, 0.2) is 18.2 Å². The Hall–Kier alpha value is -1.80. The summed E-state index contributed by atoms with van der Waals surface area (Å²) in [6.45, 7) is 7.12. The average Bonchev–Trinajstić information content (AvgIpc) is 2.73. The third-order valence-electron chi connectivity index (χ3n) is 4.74. The number of rotatable bonds is 5. The van der Waals surface area contributed by atoms with Crippen LogP contribution in [0, 0.1) is 0 Å². The van der Waals surface area contributed by atoms with Crippen molar-refractivity contribution in [2.45, 2.75) is 51.2 Å². The molecule has 0 aromatic heterocycles. The van der Waals surface area contributed by atoms with Crippen LogP contribution in [0.1, 0.15) is 50.0 Å². The van der Waals surface area contributed by atoms with Crippen molar-refractivity contribution in [1.82, 2.24) is 0 Å². The van der Waals surface area contributed by atoms with Gasteiger partial charge in [-0.05, 0) is 27.7 Å². The van der Waals surface area contributed by atoms with Gasteiger partial charge in [-0.2, -0.15) is 0 Å². The van der Waals surface area contributed by atoms with E-state index < -0.39 is 42.2 Å². The Bertz CT molecular complexity index is 672. The highest BCUT2D eigenvalue weighted by Crippen LogP contribution is 2.39. The van der Waals surface area contributed by atoms with Gasteiger partial charge >= 0.3 is 13.1 Å². The first-order chi connectivity index (χ1) is 11.4. The number of methoxy groups -OCH3 is 1. The number of halogens is 2. The minimum atomic E-state index is -3.54. The monoisotopic (exact) mass is 354 g/mol. The number of hydrogen-bond acceptors (Lipinski definition) is 5. The molecule has 0 amide bonds. The lowest BCUT2D eigenvalue weighted by atomic mass is 9.71. The van der Waals surface area contributed by atoms with Gasteiger partial charge in [0.05, 0.1) is 18.3 Å². The van der Waals surface area contributed by atoms with Crippen LogP contribution < -0.4 is 5.46 Å². The van der Waals surface area contributed by atoms with Crippen molar-refractivity contribution >= 4 is 24.8 Å². The summed E-state index contributed by atoms with van der Waals surface area (Å²) < 4.78 is 45.4. The standard InChI is InChI=1S/C17H21BF2O5/c1-15(2)16(3,4)25-18(24-15)14-11(10-21)7-6-8-12(14)17(19,20)9-13(22)23-5/h6-8,10H,9H2,1-5H3. The molecular formula is C17H21BF2O5. The molecule has 1 aromatic carbocycles. The van der Waals surface area contributed by atoms with Crippen LogP contribution in [-0.2, 0) is 24.8 Å². The highest BCUT2D eigenvalue weighted by atomic mass is 19.3. The highest BCUT2D eigenvalue weighted by molar-refractivity contribution is 6.64. The molecule has 1 aliphatic rings. The van der Waals surface area contributed by atoms with Crippen molar-refractivity contribution in [1.29, 1.82) is 0 Å². The summed E-state index contributed by atoms with van der Waals surface area (Å²) in [6, 6.07) is 3.90. The molecule has 25 heavy (non-hydrogen) atoms. The molecule has 0 spiro atoms. The molecule has 0 bridgehead atoms. The van der Waals surface area contributed by atoms with Gasteiger partial charge in [-0.15, -0.1) is 0 Å². The summed E-state index contributed by atoms with van der Waals surface area (Å²) in [6.07, 6.45) is -0.670. The second-order valence-electron chi connectivity index (χ2n) is 6.97. The second-order valence-corrected chi connectivity index (χ2v) is 6.97. The number of carbonyl (C=O) groups is 2. The van der Waals surface area contributed by atoms with Gasteiger partial charge in [0.2, 0.25) is 0 Å². The number of ether oxygens (including phenoxy) is 1. The molecule has 1 saturated heterocycles. The van der Waals surface area contributed by atoms with Crippen LogP contribution in [0.3, 0.4) is 0 Å². The third-order valence-corrected chi connectivity index (χ3v) is 4.74. The quantitative estimate of drug-likeness (QED) is 0.462. The van der Waals surface area contributed by atoms with E-state index in [9.17, 15) is 18.4 Å². The summed E-state index contributed by atoms with van der Waals surface area (Å²) in [4.78, 5) is 22.8. The predicted octanol–water partition coefficient (Wildman–Crippen LogP) is 2.45. The fourth-order valence-electron chi connectivity index (χ4n) is 2.58. The third kappa shape index (κ3) is 3.60. The van der Waals surface area contributed by atoms with Gasteiger partial charge in [-0.3, -0.25) is 9.59 Å². The Balaban J connectivity index is 2.55. The molecule has 0 N–H and O–H groups in total. The Labute approximate surface area is 145 Å². The summed E-state index contributed by atoms with van der Waals surface area (Å²) >= 11 is 0. The van der Waals surface area contributed by atoms with E-state index in [2.05, 4.69) is 4.74 Å². The summed E-state index contributed by atoms with van der Waals surface area (Å²) in [5.74, 6) is -4.59. The van der Waals surface area contributed by atoms with Gasteiger partial charge in [0.1, 0.15) is 12.7 Å². The summed E-state index contributed by atoms with van der Waals surface area (Å²) in [5, 5.41) is 0. The Morgan fingerprint density at radius 2 is 1.80 bits per heavy atom. The maximum Gasteiger partial charge on any atom is 0.496 e. The zero-order valence-electron chi connectivity index (χ0n) is 14.9.